The number of aliphatic hydroxyl groups excluding tert-OH is 9. The summed E-state index contributed by atoms with van der Waals surface area (Å²) in [6.45, 7) is 5.05. The average Bonchev–Trinajstić information content (AvgIpc) is 3.07. The van der Waals surface area contributed by atoms with Gasteiger partial charge in [-0.1, -0.05) is 51.2 Å². The number of nitrogens with zero attached hydrogens (tertiary/aromatic N) is 1. The van der Waals surface area contributed by atoms with Crippen molar-refractivity contribution in [3.8, 4) is 0 Å². The Morgan fingerprint density at radius 2 is 1.61 bits per heavy atom. The van der Waals surface area contributed by atoms with Gasteiger partial charge in [0.2, 0.25) is 0 Å². The van der Waals surface area contributed by atoms with E-state index in [9.17, 15) is 30.4 Å². The van der Waals surface area contributed by atoms with E-state index >= 15 is 0 Å². The van der Waals surface area contributed by atoms with Crippen LogP contribution in [0.2, 0.25) is 0 Å². The molecule has 1 aromatic rings. The Labute approximate surface area is 293 Å². The molecular weight excluding hydrogens is 664 g/mol. The molecule has 0 saturated carbocycles. The number of nitrogens with one attached hydrogen (secondary N) is 1. The Morgan fingerprint density at radius 3 is 2.20 bits per heavy atom. The Balaban J connectivity index is 0.00000162. The van der Waals surface area contributed by atoms with Crippen LogP contribution in [-0.4, -0.2) is 154 Å². The quantitative estimate of drug-likeness (QED) is 0.0243. The molecule has 0 spiro atoms. The molecule has 15 nitrogen and oxygen atoms in total. The van der Waals surface area contributed by atoms with E-state index in [0.717, 1.165) is 27.4 Å². The second-order valence-electron chi connectivity index (χ2n) is 12.7. The number of hydrogen-bond acceptors (Lipinski definition) is 13. The van der Waals surface area contributed by atoms with Crippen LogP contribution in [-0.2, 0) is 16.1 Å². The van der Waals surface area contributed by atoms with Gasteiger partial charge >= 0.3 is 0 Å². The summed E-state index contributed by atoms with van der Waals surface area (Å²) in [4.78, 5) is 12.1. The minimum absolute atomic E-state index is 0. The highest BCUT2D eigenvalue weighted by Gasteiger charge is 2.37. The number of hydroxylamine groups is 1. The summed E-state index contributed by atoms with van der Waals surface area (Å²) >= 11 is 1.81. The third kappa shape index (κ3) is 17.7. The van der Waals surface area contributed by atoms with E-state index in [2.05, 4.69) is 12.2 Å². The second-order valence-corrected chi connectivity index (χ2v) is 13.8. The summed E-state index contributed by atoms with van der Waals surface area (Å²) < 4.78 is 5.80. The van der Waals surface area contributed by atoms with Crippen LogP contribution in [0, 0.1) is 5.21 Å². The molecule has 1 aliphatic rings. The third-order valence-corrected chi connectivity index (χ3v) is 9.43. The monoisotopic (exact) mass is 724 g/mol. The highest BCUT2D eigenvalue weighted by molar-refractivity contribution is 7.99. The van der Waals surface area contributed by atoms with Crippen LogP contribution >= 0.6 is 11.8 Å². The summed E-state index contributed by atoms with van der Waals surface area (Å²) in [6, 6.07) is 7.04. The molecular formula is C33H60N2O13S. The first-order valence-electron chi connectivity index (χ1n) is 16.5. The molecule has 4 unspecified atom stereocenters. The standard InChI is InChI=1S/C27H46N2O7S.C6H12O5.H2O/c1-4-5-6-7-8-9-14-37-19-27(2,3)29(36)17-21-12-10-20(11-13-21)16-28-26(35)25(34)23(32)15-22(31)24(33)18-30;7-1-4-6(10)5(9)3(8)2-11-4;/h10-13,17,22-25,30-34H,4-9,14-16,18-19H2,1-3H3,(H,28,35);3-10H,1-2H2;1H2/b29-17-;;/t22?,23-,24?,25?;3-,4?,5-,6+;/m11./s1. The molecule has 0 aromatic heterocycles. The SMILES string of the molecule is CCCCCCCCSCC(C)(C)/[N+]([O-])=C/c1ccc(CNC(=O)C(O)[C@H](O)CC(O)C(O)CO)cc1.O.OCC1OC[C@@H](O)[C@@H](O)[C@H]1O. The molecule has 1 amide bonds. The minimum atomic E-state index is -1.80. The fraction of sp³-hybridized carbons (Fsp3) is 0.758. The van der Waals surface area contributed by atoms with Gasteiger partial charge in [-0.2, -0.15) is 11.8 Å². The highest BCUT2D eigenvalue weighted by Crippen LogP contribution is 2.19. The van der Waals surface area contributed by atoms with Crippen LogP contribution in [0.4, 0.5) is 0 Å². The van der Waals surface area contributed by atoms with Crippen molar-refractivity contribution in [3.05, 3.63) is 40.6 Å². The van der Waals surface area contributed by atoms with Gasteiger partial charge < -0.3 is 66.7 Å². The molecule has 8 atom stereocenters. The molecule has 0 radical (unpaired) electrons. The number of hydrogen-bond donors (Lipinski definition) is 10. The maximum Gasteiger partial charge on any atom is 0.251 e. The van der Waals surface area contributed by atoms with Crippen molar-refractivity contribution >= 4 is 23.9 Å². The molecule has 12 N–H and O–H groups in total. The summed E-state index contributed by atoms with van der Waals surface area (Å²) in [6.07, 6.45) is -2.00. The minimum Gasteiger partial charge on any atom is -0.623 e. The van der Waals surface area contributed by atoms with Crippen LogP contribution in [0.5, 0.6) is 0 Å². The number of benzene rings is 1. The first kappa shape index (κ1) is 47.1. The number of carbonyl (C=O) groups excluding carboxylic acids is 1. The normalized spacial score (nSPS) is 22.2. The van der Waals surface area contributed by atoms with Gasteiger partial charge in [0, 0.05) is 32.4 Å². The van der Waals surface area contributed by atoms with Crippen LogP contribution in [0.1, 0.15) is 76.8 Å². The maximum absolute atomic E-state index is 12.7. The molecule has 1 saturated heterocycles. The average molecular weight is 725 g/mol. The lowest BCUT2D eigenvalue weighted by Gasteiger charge is -2.34. The van der Waals surface area contributed by atoms with Gasteiger partial charge in [-0.3, -0.25) is 4.79 Å². The fourth-order valence-corrected chi connectivity index (χ4v) is 5.73. The molecule has 0 aliphatic carbocycles. The molecule has 49 heavy (non-hydrogen) atoms. The van der Waals surface area contributed by atoms with Crippen LogP contribution < -0.4 is 5.32 Å². The maximum atomic E-state index is 12.7. The highest BCUT2D eigenvalue weighted by atomic mass is 32.2. The van der Waals surface area contributed by atoms with Crippen LogP contribution in [0.25, 0.3) is 0 Å². The zero-order chi connectivity index (χ0) is 36.3. The van der Waals surface area contributed by atoms with E-state index in [4.69, 9.17) is 30.3 Å². The van der Waals surface area contributed by atoms with E-state index in [1.54, 1.807) is 42.2 Å². The Kier molecular flexibility index (Phi) is 24.1. The lowest BCUT2D eigenvalue weighted by molar-refractivity contribution is -0.528. The predicted molar refractivity (Wildman–Crippen MR) is 186 cm³/mol. The molecule has 1 fully saturated rings. The number of rotatable bonds is 20. The summed E-state index contributed by atoms with van der Waals surface area (Å²) in [7, 11) is 0. The van der Waals surface area contributed by atoms with E-state index in [0.29, 0.717) is 0 Å². The van der Waals surface area contributed by atoms with Crippen molar-refractivity contribution in [2.24, 2.45) is 0 Å². The second kappa shape index (κ2) is 25.1. The van der Waals surface area contributed by atoms with Crippen molar-refractivity contribution in [2.75, 3.05) is 31.3 Å². The van der Waals surface area contributed by atoms with Crippen molar-refractivity contribution in [2.45, 2.75) is 127 Å². The number of amides is 1. The lowest BCUT2D eigenvalue weighted by Crippen LogP contribution is -2.53. The van der Waals surface area contributed by atoms with E-state index < -0.39 is 73.3 Å². The number of ether oxygens (including phenoxy) is 1. The van der Waals surface area contributed by atoms with Gasteiger partial charge in [-0.25, -0.2) is 4.74 Å². The van der Waals surface area contributed by atoms with Crippen molar-refractivity contribution in [1.29, 1.82) is 0 Å². The molecule has 16 heteroatoms. The molecule has 1 aromatic carbocycles. The van der Waals surface area contributed by atoms with Gasteiger partial charge in [0.15, 0.2) is 17.9 Å². The number of carbonyl (C=O) groups is 1. The summed E-state index contributed by atoms with van der Waals surface area (Å²) in [5.41, 5.74) is 0.914. The first-order chi connectivity index (χ1) is 22.7. The molecule has 2 rings (SSSR count). The fourth-order valence-electron chi connectivity index (χ4n) is 4.55. The third-order valence-electron chi connectivity index (χ3n) is 7.94. The van der Waals surface area contributed by atoms with Crippen LogP contribution in [0.15, 0.2) is 24.3 Å². The Hall–Kier alpha value is -1.93. The predicted octanol–water partition coefficient (Wildman–Crippen LogP) is -1.43. The van der Waals surface area contributed by atoms with Crippen LogP contribution in [0.3, 0.4) is 0 Å². The van der Waals surface area contributed by atoms with Gasteiger partial charge in [0.1, 0.15) is 30.5 Å². The largest absolute Gasteiger partial charge is 0.623 e. The van der Waals surface area contributed by atoms with E-state index in [1.807, 2.05) is 13.8 Å². The van der Waals surface area contributed by atoms with Gasteiger partial charge in [0.25, 0.3) is 5.91 Å². The topological polar surface area (TPSA) is 278 Å². The smallest absolute Gasteiger partial charge is 0.251 e. The molecule has 0 bridgehead atoms. The van der Waals surface area contributed by atoms with Crippen molar-refractivity contribution in [1.82, 2.24) is 5.32 Å². The zero-order valence-electron chi connectivity index (χ0n) is 28.8. The molecule has 286 valence electrons. The molecule has 1 heterocycles. The van der Waals surface area contributed by atoms with Crippen molar-refractivity contribution < 1.29 is 65.7 Å². The van der Waals surface area contributed by atoms with Gasteiger partial charge in [-0.05, 0) is 29.9 Å². The van der Waals surface area contributed by atoms with E-state index in [-0.39, 0.29) is 25.2 Å². The van der Waals surface area contributed by atoms with Gasteiger partial charge in [-0.15, -0.1) is 0 Å². The number of aliphatic hydroxyl groups is 9. The Bertz CT molecular complexity index is 1050. The zero-order valence-corrected chi connectivity index (χ0v) is 29.6. The lowest BCUT2D eigenvalue weighted by atomic mass is 10.0. The molecule has 1 aliphatic heterocycles. The first-order valence-corrected chi connectivity index (χ1v) is 17.7. The van der Waals surface area contributed by atoms with Crippen molar-refractivity contribution in [3.63, 3.8) is 0 Å². The van der Waals surface area contributed by atoms with Gasteiger partial charge in [0.05, 0.1) is 37.8 Å². The number of thioether (sulfide) groups is 1. The summed E-state index contributed by atoms with van der Waals surface area (Å²) in [5.74, 6) is 0.955. The summed E-state index contributed by atoms with van der Waals surface area (Å²) in [5, 5.41) is 98.6. The number of unbranched alkanes of at least 4 members (excludes halogenated alkanes) is 5. The van der Waals surface area contributed by atoms with E-state index in [1.165, 1.54) is 38.5 Å². The Morgan fingerprint density at radius 1 is 1.00 bits per heavy atom.